The average Bonchev–Trinajstić information content (AvgIpc) is 2.48. The fraction of sp³-hybridized carbons (Fsp3) is 0. The summed E-state index contributed by atoms with van der Waals surface area (Å²) in [5.74, 6) is 0. The first-order valence-electron chi connectivity index (χ1n) is 5.50. The van der Waals surface area contributed by atoms with Gasteiger partial charge in [0.15, 0.2) is 0 Å². The van der Waals surface area contributed by atoms with Gasteiger partial charge in [-0.05, 0) is 30.3 Å². The number of non-ortho nitro benzene ring substituents is 1. The van der Waals surface area contributed by atoms with Gasteiger partial charge >= 0.3 is 0 Å². The molecule has 5 nitrogen and oxygen atoms in total. The van der Waals surface area contributed by atoms with Crippen LogP contribution < -0.4 is 0 Å². The molecule has 2 aromatic rings. The van der Waals surface area contributed by atoms with E-state index in [1.807, 2.05) is 12.1 Å². The van der Waals surface area contributed by atoms with Crippen LogP contribution in [0.25, 0.3) is 0 Å². The Balaban J connectivity index is 2.28. The summed E-state index contributed by atoms with van der Waals surface area (Å²) >= 11 is 1.32. The minimum absolute atomic E-state index is 0.0229. The lowest BCUT2D eigenvalue weighted by molar-refractivity contribution is -0.384. The zero-order chi connectivity index (χ0) is 14.5. The van der Waals surface area contributed by atoms with Gasteiger partial charge < -0.3 is 0 Å². The summed E-state index contributed by atoms with van der Waals surface area (Å²) in [6.07, 6.45) is 0. The molecule has 6 heteroatoms. The highest BCUT2D eigenvalue weighted by atomic mass is 32.2. The predicted octanol–water partition coefficient (Wildman–Crippen LogP) is 3.49. The number of hydrogen-bond acceptors (Lipinski definition) is 5. The Morgan fingerprint density at radius 1 is 1.05 bits per heavy atom. The van der Waals surface area contributed by atoms with Crippen molar-refractivity contribution >= 4 is 17.4 Å². The second-order valence-electron chi connectivity index (χ2n) is 3.79. The highest BCUT2D eigenvalue weighted by molar-refractivity contribution is 7.99. The Labute approximate surface area is 119 Å². The minimum atomic E-state index is -0.461. The Bertz CT molecular complexity index is 742. The maximum atomic E-state index is 10.6. The molecule has 0 fully saturated rings. The molecule has 2 aromatic carbocycles. The minimum Gasteiger partial charge on any atom is -0.258 e. The molecule has 0 unspecified atom stereocenters. The molecule has 20 heavy (non-hydrogen) atoms. The Morgan fingerprint density at radius 3 is 2.30 bits per heavy atom. The monoisotopic (exact) mass is 281 g/mol. The second-order valence-corrected chi connectivity index (χ2v) is 4.90. The SMILES string of the molecule is N#Cc1ccc(Sc2ccc([N+](=O)[O-])cc2)c(C#N)c1. The third-order valence-electron chi connectivity index (χ3n) is 2.50. The summed E-state index contributed by atoms with van der Waals surface area (Å²) in [6, 6.07) is 15.0. The van der Waals surface area contributed by atoms with E-state index in [2.05, 4.69) is 0 Å². The summed E-state index contributed by atoms with van der Waals surface area (Å²) in [6.45, 7) is 0. The molecular weight excluding hydrogens is 274 g/mol. The number of benzene rings is 2. The van der Waals surface area contributed by atoms with E-state index in [4.69, 9.17) is 10.5 Å². The molecule has 0 radical (unpaired) electrons. The lowest BCUT2D eigenvalue weighted by Gasteiger charge is -2.04. The molecule has 0 saturated carbocycles. The lowest BCUT2D eigenvalue weighted by atomic mass is 10.1. The largest absolute Gasteiger partial charge is 0.269 e. The molecule has 0 aliphatic carbocycles. The fourth-order valence-corrected chi connectivity index (χ4v) is 2.42. The summed E-state index contributed by atoms with van der Waals surface area (Å²) in [4.78, 5) is 11.6. The van der Waals surface area contributed by atoms with Crippen molar-refractivity contribution in [1.29, 1.82) is 10.5 Å². The number of nitro groups is 1. The van der Waals surface area contributed by atoms with Crippen LogP contribution >= 0.6 is 11.8 Å². The van der Waals surface area contributed by atoms with E-state index in [9.17, 15) is 10.1 Å². The summed E-state index contributed by atoms with van der Waals surface area (Å²) < 4.78 is 0. The zero-order valence-corrected chi connectivity index (χ0v) is 10.9. The van der Waals surface area contributed by atoms with Crippen molar-refractivity contribution in [2.75, 3.05) is 0 Å². The van der Waals surface area contributed by atoms with E-state index in [-0.39, 0.29) is 5.69 Å². The van der Waals surface area contributed by atoms with E-state index in [1.54, 1.807) is 24.3 Å². The maximum Gasteiger partial charge on any atom is 0.269 e. The summed E-state index contributed by atoms with van der Waals surface area (Å²) in [7, 11) is 0. The van der Waals surface area contributed by atoms with Gasteiger partial charge in [0.05, 0.1) is 22.1 Å². The van der Waals surface area contributed by atoms with Crippen LogP contribution in [0.2, 0.25) is 0 Å². The van der Waals surface area contributed by atoms with Gasteiger partial charge in [-0.1, -0.05) is 11.8 Å². The van der Waals surface area contributed by atoms with Gasteiger partial charge in [-0.3, -0.25) is 10.1 Å². The van der Waals surface area contributed by atoms with Crippen molar-refractivity contribution in [3.63, 3.8) is 0 Å². The van der Waals surface area contributed by atoms with E-state index in [0.29, 0.717) is 16.0 Å². The quantitative estimate of drug-likeness (QED) is 0.634. The van der Waals surface area contributed by atoms with E-state index in [1.165, 1.54) is 30.0 Å². The Morgan fingerprint density at radius 2 is 1.75 bits per heavy atom. The van der Waals surface area contributed by atoms with E-state index < -0.39 is 4.92 Å². The van der Waals surface area contributed by atoms with Gasteiger partial charge in [0.1, 0.15) is 6.07 Å². The van der Waals surface area contributed by atoms with Crippen molar-refractivity contribution in [2.45, 2.75) is 9.79 Å². The first kappa shape index (κ1) is 13.6. The number of hydrogen-bond donors (Lipinski definition) is 0. The van der Waals surface area contributed by atoms with Gasteiger partial charge in [0, 0.05) is 21.9 Å². The van der Waals surface area contributed by atoms with Crippen molar-refractivity contribution in [3.05, 3.63) is 63.7 Å². The van der Waals surface area contributed by atoms with Crippen LogP contribution in [0, 0.1) is 32.8 Å². The molecule has 0 aliphatic heterocycles. The highest BCUT2D eigenvalue weighted by Crippen LogP contribution is 2.31. The molecule has 0 N–H and O–H groups in total. The lowest BCUT2D eigenvalue weighted by Crippen LogP contribution is -1.87. The van der Waals surface area contributed by atoms with Crippen LogP contribution in [0.5, 0.6) is 0 Å². The number of nitro benzene ring substituents is 1. The highest BCUT2D eigenvalue weighted by Gasteiger charge is 2.08. The first-order chi connectivity index (χ1) is 9.63. The molecular formula is C14H7N3O2S. The molecule has 0 atom stereocenters. The van der Waals surface area contributed by atoms with Crippen molar-refractivity contribution in [1.82, 2.24) is 0 Å². The smallest absolute Gasteiger partial charge is 0.258 e. The Hall–Kier alpha value is -2.83. The van der Waals surface area contributed by atoms with Gasteiger partial charge in [-0.25, -0.2) is 0 Å². The molecule has 0 aromatic heterocycles. The number of nitriles is 2. The number of rotatable bonds is 3. The standard InChI is InChI=1S/C14H7N3O2S/c15-8-10-1-6-14(11(7-10)9-16)20-13-4-2-12(3-5-13)17(18)19/h1-7H. The molecule has 0 heterocycles. The summed E-state index contributed by atoms with van der Waals surface area (Å²) in [5.41, 5.74) is 0.858. The molecule has 2 rings (SSSR count). The predicted molar refractivity (Wildman–Crippen MR) is 73.1 cm³/mol. The second kappa shape index (κ2) is 5.87. The molecule has 0 saturated heterocycles. The van der Waals surface area contributed by atoms with Crippen LogP contribution in [0.15, 0.2) is 52.3 Å². The molecule has 0 bridgehead atoms. The average molecular weight is 281 g/mol. The van der Waals surface area contributed by atoms with Gasteiger partial charge in [0.25, 0.3) is 5.69 Å². The van der Waals surface area contributed by atoms with Gasteiger partial charge in [-0.2, -0.15) is 10.5 Å². The topological polar surface area (TPSA) is 90.7 Å². The zero-order valence-electron chi connectivity index (χ0n) is 10.1. The summed E-state index contributed by atoms with van der Waals surface area (Å²) in [5, 5.41) is 28.4. The molecule has 0 spiro atoms. The van der Waals surface area contributed by atoms with Gasteiger partial charge in [-0.15, -0.1) is 0 Å². The van der Waals surface area contributed by atoms with Crippen LogP contribution in [0.4, 0.5) is 5.69 Å². The third-order valence-corrected chi connectivity index (χ3v) is 3.59. The molecule has 96 valence electrons. The number of nitrogens with zero attached hydrogens (tertiary/aromatic N) is 3. The maximum absolute atomic E-state index is 10.6. The Kier molecular flexibility index (Phi) is 3.99. The molecule has 0 aliphatic rings. The third kappa shape index (κ3) is 2.94. The normalized spacial score (nSPS) is 9.50. The van der Waals surface area contributed by atoms with Crippen LogP contribution in [-0.2, 0) is 0 Å². The van der Waals surface area contributed by atoms with Crippen LogP contribution in [-0.4, -0.2) is 4.92 Å². The fourth-order valence-electron chi connectivity index (χ4n) is 1.54. The first-order valence-corrected chi connectivity index (χ1v) is 6.32. The van der Waals surface area contributed by atoms with E-state index >= 15 is 0 Å². The molecule has 0 amide bonds. The van der Waals surface area contributed by atoms with E-state index in [0.717, 1.165) is 4.90 Å². The van der Waals surface area contributed by atoms with Crippen LogP contribution in [0.3, 0.4) is 0 Å². The van der Waals surface area contributed by atoms with Gasteiger partial charge in [0.2, 0.25) is 0 Å². The van der Waals surface area contributed by atoms with Crippen molar-refractivity contribution in [3.8, 4) is 12.1 Å². The van der Waals surface area contributed by atoms with Crippen LogP contribution in [0.1, 0.15) is 11.1 Å². The van der Waals surface area contributed by atoms with Crippen molar-refractivity contribution in [2.24, 2.45) is 0 Å². The van der Waals surface area contributed by atoms with Crippen molar-refractivity contribution < 1.29 is 4.92 Å².